The Hall–Kier alpha value is -2.43. The topological polar surface area (TPSA) is 48.4 Å². The van der Waals surface area contributed by atoms with Crippen LogP contribution in [0.1, 0.15) is 15.9 Å². The van der Waals surface area contributed by atoms with Crippen LogP contribution in [-0.2, 0) is 11.3 Å². The zero-order chi connectivity index (χ0) is 13.7. The van der Waals surface area contributed by atoms with Crippen LogP contribution in [0.2, 0.25) is 0 Å². The molecule has 1 heterocycles. The molecule has 0 aliphatic heterocycles. The van der Waals surface area contributed by atoms with E-state index >= 15 is 0 Å². The van der Waals surface area contributed by atoms with E-state index in [1.165, 1.54) is 31.6 Å². The van der Waals surface area contributed by atoms with Gasteiger partial charge in [-0.2, -0.15) is 0 Å². The molecular formula is C14H12FNO3. The summed E-state index contributed by atoms with van der Waals surface area (Å²) in [6.45, 7) is 0.230. The van der Waals surface area contributed by atoms with Crippen molar-refractivity contribution >= 4 is 5.97 Å². The monoisotopic (exact) mass is 261 g/mol. The van der Waals surface area contributed by atoms with Crippen LogP contribution >= 0.6 is 0 Å². The lowest BCUT2D eigenvalue weighted by Crippen LogP contribution is -2.06. The quantitative estimate of drug-likeness (QED) is 0.794. The highest BCUT2D eigenvalue weighted by Crippen LogP contribution is 2.19. The lowest BCUT2D eigenvalue weighted by Gasteiger charge is -2.09. The normalized spacial score (nSPS) is 10.0. The van der Waals surface area contributed by atoms with Gasteiger partial charge < -0.3 is 9.47 Å². The molecule has 0 radical (unpaired) electrons. The van der Waals surface area contributed by atoms with Crippen molar-refractivity contribution in [3.05, 3.63) is 59.7 Å². The molecule has 2 aromatic rings. The standard InChI is InChI=1S/C14H12FNO3/c1-18-14(17)12-8-16-7-6-13(12)19-9-10-2-4-11(15)5-3-10/h2-8H,9H2,1H3. The average molecular weight is 261 g/mol. The summed E-state index contributed by atoms with van der Waals surface area (Å²) in [7, 11) is 1.29. The Morgan fingerprint density at radius 3 is 2.68 bits per heavy atom. The predicted octanol–water partition coefficient (Wildman–Crippen LogP) is 2.59. The number of halogens is 1. The van der Waals surface area contributed by atoms with Crippen LogP contribution in [0.25, 0.3) is 0 Å². The number of benzene rings is 1. The maximum Gasteiger partial charge on any atom is 0.343 e. The number of carbonyl (C=O) groups is 1. The smallest absolute Gasteiger partial charge is 0.343 e. The van der Waals surface area contributed by atoms with Gasteiger partial charge >= 0.3 is 5.97 Å². The number of nitrogens with zero attached hydrogens (tertiary/aromatic N) is 1. The second kappa shape index (κ2) is 5.95. The van der Waals surface area contributed by atoms with Gasteiger partial charge in [-0.3, -0.25) is 4.98 Å². The van der Waals surface area contributed by atoms with Crippen LogP contribution in [0.3, 0.4) is 0 Å². The maximum absolute atomic E-state index is 12.8. The largest absolute Gasteiger partial charge is 0.488 e. The second-order valence-electron chi connectivity index (χ2n) is 3.78. The summed E-state index contributed by atoms with van der Waals surface area (Å²) in [5.41, 5.74) is 1.06. The van der Waals surface area contributed by atoms with Crippen molar-refractivity contribution in [2.45, 2.75) is 6.61 Å². The van der Waals surface area contributed by atoms with Crippen LogP contribution in [0, 0.1) is 5.82 Å². The summed E-state index contributed by atoms with van der Waals surface area (Å²) >= 11 is 0. The van der Waals surface area contributed by atoms with Gasteiger partial charge in [0, 0.05) is 12.4 Å². The Labute approximate surface area is 109 Å². The van der Waals surface area contributed by atoms with Crippen molar-refractivity contribution in [1.29, 1.82) is 0 Å². The summed E-state index contributed by atoms with van der Waals surface area (Å²) in [6.07, 6.45) is 2.90. The first-order valence-corrected chi connectivity index (χ1v) is 5.60. The SMILES string of the molecule is COC(=O)c1cnccc1OCc1ccc(F)cc1. The molecule has 0 saturated heterocycles. The average Bonchev–Trinajstić information content (AvgIpc) is 2.46. The molecule has 0 bridgehead atoms. The number of hydrogen-bond acceptors (Lipinski definition) is 4. The molecule has 0 unspecified atom stereocenters. The minimum absolute atomic E-state index is 0.230. The first-order valence-electron chi connectivity index (χ1n) is 5.60. The molecule has 0 N–H and O–H groups in total. The van der Waals surface area contributed by atoms with Crippen LogP contribution in [0.15, 0.2) is 42.7 Å². The van der Waals surface area contributed by atoms with Gasteiger partial charge in [-0.05, 0) is 23.8 Å². The van der Waals surface area contributed by atoms with Gasteiger partial charge in [-0.15, -0.1) is 0 Å². The highest BCUT2D eigenvalue weighted by atomic mass is 19.1. The molecular weight excluding hydrogens is 249 g/mol. The Balaban J connectivity index is 2.11. The number of pyridine rings is 1. The number of ether oxygens (including phenoxy) is 2. The van der Waals surface area contributed by atoms with Crippen LogP contribution in [0.4, 0.5) is 4.39 Å². The number of methoxy groups -OCH3 is 1. The van der Waals surface area contributed by atoms with E-state index in [1.54, 1.807) is 18.2 Å². The molecule has 0 aliphatic rings. The summed E-state index contributed by atoms with van der Waals surface area (Å²) in [5, 5.41) is 0. The number of hydrogen-bond donors (Lipinski definition) is 0. The van der Waals surface area contributed by atoms with Gasteiger partial charge in [-0.1, -0.05) is 12.1 Å². The molecule has 1 aromatic heterocycles. The zero-order valence-electron chi connectivity index (χ0n) is 10.3. The fourth-order valence-electron chi connectivity index (χ4n) is 1.51. The molecule has 0 fully saturated rings. The van der Waals surface area contributed by atoms with E-state index in [-0.39, 0.29) is 18.0 Å². The Morgan fingerprint density at radius 1 is 1.26 bits per heavy atom. The number of rotatable bonds is 4. The molecule has 19 heavy (non-hydrogen) atoms. The third-order valence-electron chi connectivity index (χ3n) is 2.49. The molecule has 0 saturated carbocycles. The Kier molecular flexibility index (Phi) is 4.07. The summed E-state index contributed by atoms with van der Waals surface area (Å²) in [4.78, 5) is 15.3. The van der Waals surface area contributed by atoms with Gasteiger partial charge in [0.15, 0.2) is 0 Å². The van der Waals surface area contributed by atoms with Gasteiger partial charge in [0.25, 0.3) is 0 Å². The van der Waals surface area contributed by atoms with Crippen LogP contribution in [0.5, 0.6) is 5.75 Å². The molecule has 0 amide bonds. The zero-order valence-corrected chi connectivity index (χ0v) is 10.3. The van der Waals surface area contributed by atoms with Crippen molar-refractivity contribution in [3.8, 4) is 5.75 Å². The van der Waals surface area contributed by atoms with Crippen molar-refractivity contribution < 1.29 is 18.7 Å². The van der Waals surface area contributed by atoms with Crippen LogP contribution < -0.4 is 4.74 Å². The molecule has 0 atom stereocenters. The fraction of sp³-hybridized carbons (Fsp3) is 0.143. The first kappa shape index (κ1) is 13.0. The molecule has 5 heteroatoms. The minimum atomic E-state index is -0.512. The predicted molar refractivity (Wildman–Crippen MR) is 66.3 cm³/mol. The summed E-state index contributed by atoms with van der Waals surface area (Å²) in [5.74, 6) is -0.434. The van der Waals surface area contributed by atoms with E-state index < -0.39 is 5.97 Å². The third-order valence-corrected chi connectivity index (χ3v) is 2.49. The fourth-order valence-corrected chi connectivity index (χ4v) is 1.51. The third kappa shape index (κ3) is 3.28. The minimum Gasteiger partial charge on any atom is -0.488 e. The van der Waals surface area contributed by atoms with Crippen molar-refractivity contribution in [1.82, 2.24) is 4.98 Å². The molecule has 0 aliphatic carbocycles. The molecule has 0 spiro atoms. The van der Waals surface area contributed by atoms with E-state index in [9.17, 15) is 9.18 Å². The molecule has 98 valence electrons. The van der Waals surface area contributed by atoms with Gasteiger partial charge in [0.2, 0.25) is 0 Å². The van der Waals surface area contributed by atoms with Gasteiger partial charge in [0.1, 0.15) is 23.7 Å². The maximum atomic E-state index is 12.8. The first-order chi connectivity index (χ1) is 9.20. The summed E-state index contributed by atoms with van der Waals surface area (Å²) in [6, 6.07) is 7.53. The Morgan fingerprint density at radius 2 is 2.00 bits per heavy atom. The van der Waals surface area contributed by atoms with Gasteiger partial charge in [0.05, 0.1) is 7.11 Å². The number of aromatic nitrogens is 1. The lowest BCUT2D eigenvalue weighted by atomic mass is 10.2. The van der Waals surface area contributed by atoms with E-state index in [2.05, 4.69) is 9.72 Å². The second-order valence-corrected chi connectivity index (χ2v) is 3.78. The van der Waals surface area contributed by atoms with Gasteiger partial charge in [-0.25, -0.2) is 9.18 Å². The summed E-state index contributed by atoms with van der Waals surface area (Å²) < 4.78 is 22.9. The highest BCUT2D eigenvalue weighted by molar-refractivity contribution is 5.91. The van der Waals surface area contributed by atoms with Crippen molar-refractivity contribution in [2.75, 3.05) is 7.11 Å². The van der Waals surface area contributed by atoms with E-state index in [1.807, 2.05) is 0 Å². The van der Waals surface area contributed by atoms with Crippen molar-refractivity contribution in [2.24, 2.45) is 0 Å². The lowest BCUT2D eigenvalue weighted by molar-refractivity contribution is 0.0595. The van der Waals surface area contributed by atoms with E-state index in [0.717, 1.165) is 5.56 Å². The van der Waals surface area contributed by atoms with Crippen LogP contribution in [-0.4, -0.2) is 18.1 Å². The molecule has 4 nitrogen and oxygen atoms in total. The number of esters is 1. The molecule has 2 rings (SSSR count). The van der Waals surface area contributed by atoms with Crippen molar-refractivity contribution in [3.63, 3.8) is 0 Å². The number of carbonyl (C=O) groups excluding carboxylic acids is 1. The van der Waals surface area contributed by atoms with E-state index in [0.29, 0.717) is 5.75 Å². The molecule has 1 aromatic carbocycles. The van der Waals surface area contributed by atoms with E-state index in [4.69, 9.17) is 4.74 Å². The Bertz CT molecular complexity index is 569. The highest BCUT2D eigenvalue weighted by Gasteiger charge is 2.12.